The van der Waals surface area contributed by atoms with Crippen molar-refractivity contribution in [1.29, 1.82) is 0 Å². The SMILES string of the molecule is CC(=O)N(C)C1CCN(C(=O)[C@@H](N)C(C)C)C1. The van der Waals surface area contributed by atoms with Crippen LogP contribution in [0.1, 0.15) is 27.2 Å². The fraction of sp³-hybridized carbons (Fsp3) is 0.833. The predicted octanol–water partition coefficient (Wildman–Crippen LogP) is 0.0489. The van der Waals surface area contributed by atoms with E-state index in [4.69, 9.17) is 5.73 Å². The summed E-state index contributed by atoms with van der Waals surface area (Å²) in [6.07, 6.45) is 0.840. The molecule has 1 fully saturated rings. The molecular weight excluding hydrogens is 218 g/mol. The Hall–Kier alpha value is -1.10. The van der Waals surface area contributed by atoms with Gasteiger partial charge in [0.15, 0.2) is 0 Å². The van der Waals surface area contributed by atoms with E-state index < -0.39 is 6.04 Å². The molecule has 0 aromatic heterocycles. The van der Waals surface area contributed by atoms with Gasteiger partial charge in [0.05, 0.1) is 12.1 Å². The monoisotopic (exact) mass is 241 g/mol. The Labute approximate surface area is 103 Å². The quantitative estimate of drug-likeness (QED) is 0.759. The van der Waals surface area contributed by atoms with Crippen LogP contribution in [0, 0.1) is 5.92 Å². The van der Waals surface area contributed by atoms with Crippen LogP contribution in [-0.4, -0.2) is 53.8 Å². The Morgan fingerprint density at radius 1 is 1.41 bits per heavy atom. The van der Waals surface area contributed by atoms with Gasteiger partial charge in [0.25, 0.3) is 0 Å². The zero-order valence-electron chi connectivity index (χ0n) is 11.1. The maximum atomic E-state index is 12.0. The van der Waals surface area contributed by atoms with E-state index in [1.807, 2.05) is 13.8 Å². The van der Waals surface area contributed by atoms with Crippen molar-refractivity contribution in [1.82, 2.24) is 9.80 Å². The maximum absolute atomic E-state index is 12.0. The number of nitrogens with zero attached hydrogens (tertiary/aromatic N) is 2. The Morgan fingerprint density at radius 3 is 2.47 bits per heavy atom. The summed E-state index contributed by atoms with van der Waals surface area (Å²) in [4.78, 5) is 26.7. The van der Waals surface area contributed by atoms with Crippen LogP contribution in [0.5, 0.6) is 0 Å². The van der Waals surface area contributed by atoms with Crippen molar-refractivity contribution in [2.24, 2.45) is 11.7 Å². The fourth-order valence-corrected chi connectivity index (χ4v) is 2.01. The number of carbonyl (C=O) groups excluding carboxylic acids is 2. The van der Waals surface area contributed by atoms with Crippen LogP contribution in [0.2, 0.25) is 0 Å². The molecule has 0 radical (unpaired) electrons. The van der Waals surface area contributed by atoms with Gasteiger partial charge >= 0.3 is 0 Å². The van der Waals surface area contributed by atoms with Crippen molar-refractivity contribution in [3.63, 3.8) is 0 Å². The van der Waals surface area contributed by atoms with Gasteiger partial charge in [0.2, 0.25) is 11.8 Å². The summed E-state index contributed by atoms with van der Waals surface area (Å²) < 4.78 is 0. The molecule has 1 unspecified atom stereocenters. The van der Waals surface area contributed by atoms with E-state index in [2.05, 4.69) is 0 Å². The van der Waals surface area contributed by atoms with Gasteiger partial charge in [-0.25, -0.2) is 0 Å². The first-order valence-corrected chi connectivity index (χ1v) is 6.12. The molecule has 1 saturated heterocycles. The van der Waals surface area contributed by atoms with Gasteiger partial charge in [0.1, 0.15) is 0 Å². The highest BCUT2D eigenvalue weighted by Gasteiger charge is 2.32. The van der Waals surface area contributed by atoms with Crippen LogP contribution in [0.15, 0.2) is 0 Å². The number of amides is 2. The summed E-state index contributed by atoms with van der Waals surface area (Å²) >= 11 is 0. The second-order valence-corrected chi connectivity index (χ2v) is 5.13. The molecule has 0 spiro atoms. The van der Waals surface area contributed by atoms with E-state index in [-0.39, 0.29) is 23.8 Å². The van der Waals surface area contributed by atoms with Gasteiger partial charge < -0.3 is 15.5 Å². The third-order valence-corrected chi connectivity index (χ3v) is 3.52. The van der Waals surface area contributed by atoms with E-state index in [0.29, 0.717) is 13.1 Å². The average Bonchev–Trinajstić information content (AvgIpc) is 2.74. The first-order chi connectivity index (χ1) is 7.84. The minimum atomic E-state index is -0.434. The summed E-state index contributed by atoms with van der Waals surface area (Å²) in [6.45, 7) is 6.73. The summed E-state index contributed by atoms with van der Waals surface area (Å²) in [6, 6.07) is -0.299. The van der Waals surface area contributed by atoms with Crippen molar-refractivity contribution in [2.45, 2.75) is 39.3 Å². The molecule has 2 N–H and O–H groups in total. The second kappa shape index (κ2) is 5.49. The molecular formula is C12H23N3O2. The number of likely N-dealkylation sites (N-methyl/N-ethyl adjacent to an activating group) is 1. The van der Waals surface area contributed by atoms with Crippen LogP contribution in [0.25, 0.3) is 0 Å². The number of likely N-dealkylation sites (tertiary alicyclic amines) is 1. The van der Waals surface area contributed by atoms with Crippen molar-refractivity contribution < 1.29 is 9.59 Å². The van der Waals surface area contributed by atoms with Crippen molar-refractivity contribution in [2.75, 3.05) is 20.1 Å². The summed E-state index contributed by atoms with van der Waals surface area (Å²) in [7, 11) is 1.78. The summed E-state index contributed by atoms with van der Waals surface area (Å²) in [5.74, 6) is 0.184. The van der Waals surface area contributed by atoms with Crippen LogP contribution in [0.3, 0.4) is 0 Å². The number of rotatable bonds is 3. The lowest BCUT2D eigenvalue weighted by Crippen LogP contribution is -2.47. The van der Waals surface area contributed by atoms with Gasteiger partial charge in [-0.15, -0.1) is 0 Å². The molecule has 0 saturated carbocycles. The third kappa shape index (κ3) is 3.19. The van der Waals surface area contributed by atoms with Crippen molar-refractivity contribution in [3.8, 4) is 0 Å². The zero-order valence-corrected chi connectivity index (χ0v) is 11.1. The number of carbonyl (C=O) groups is 2. The highest BCUT2D eigenvalue weighted by molar-refractivity contribution is 5.82. The minimum Gasteiger partial charge on any atom is -0.341 e. The van der Waals surface area contributed by atoms with Gasteiger partial charge in [-0.2, -0.15) is 0 Å². The van der Waals surface area contributed by atoms with Gasteiger partial charge in [0, 0.05) is 27.1 Å². The van der Waals surface area contributed by atoms with E-state index in [9.17, 15) is 9.59 Å². The molecule has 1 heterocycles. The summed E-state index contributed by atoms with van der Waals surface area (Å²) in [5, 5.41) is 0. The molecule has 0 aromatic rings. The number of nitrogens with two attached hydrogens (primary N) is 1. The Morgan fingerprint density at radius 2 is 2.00 bits per heavy atom. The molecule has 98 valence electrons. The van der Waals surface area contributed by atoms with E-state index in [1.54, 1.807) is 23.8 Å². The Bertz CT molecular complexity index is 304. The molecule has 1 aliphatic rings. The van der Waals surface area contributed by atoms with E-state index in [1.165, 1.54) is 0 Å². The number of hydrogen-bond acceptors (Lipinski definition) is 3. The van der Waals surface area contributed by atoms with Crippen molar-refractivity contribution >= 4 is 11.8 Å². The normalized spacial score (nSPS) is 21.8. The van der Waals surface area contributed by atoms with Gasteiger partial charge in [-0.1, -0.05) is 13.8 Å². The molecule has 2 atom stereocenters. The molecule has 0 bridgehead atoms. The average molecular weight is 241 g/mol. The Kier molecular flexibility index (Phi) is 4.51. The predicted molar refractivity (Wildman–Crippen MR) is 66.2 cm³/mol. The van der Waals surface area contributed by atoms with Crippen molar-refractivity contribution in [3.05, 3.63) is 0 Å². The largest absolute Gasteiger partial charge is 0.341 e. The second-order valence-electron chi connectivity index (χ2n) is 5.13. The van der Waals surface area contributed by atoms with E-state index in [0.717, 1.165) is 6.42 Å². The highest BCUT2D eigenvalue weighted by Crippen LogP contribution is 2.16. The topological polar surface area (TPSA) is 66.6 Å². The maximum Gasteiger partial charge on any atom is 0.239 e. The standard InChI is InChI=1S/C12H23N3O2/c1-8(2)11(13)12(17)15-6-5-10(7-15)14(4)9(3)16/h8,10-11H,5-7,13H2,1-4H3/t10?,11-/m0/s1. The molecule has 17 heavy (non-hydrogen) atoms. The lowest BCUT2D eigenvalue weighted by Gasteiger charge is -2.25. The van der Waals surface area contributed by atoms with Crippen LogP contribution >= 0.6 is 0 Å². The molecule has 2 amide bonds. The van der Waals surface area contributed by atoms with Gasteiger partial charge in [-0.3, -0.25) is 9.59 Å². The fourth-order valence-electron chi connectivity index (χ4n) is 2.01. The van der Waals surface area contributed by atoms with Crippen LogP contribution in [-0.2, 0) is 9.59 Å². The molecule has 0 aliphatic carbocycles. The molecule has 0 aromatic carbocycles. The summed E-state index contributed by atoms with van der Waals surface area (Å²) in [5.41, 5.74) is 5.85. The molecule has 5 nitrogen and oxygen atoms in total. The Balaban J connectivity index is 2.56. The molecule has 1 rings (SSSR count). The first-order valence-electron chi connectivity index (χ1n) is 6.12. The third-order valence-electron chi connectivity index (χ3n) is 3.52. The molecule has 1 aliphatic heterocycles. The van der Waals surface area contributed by atoms with Gasteiger partial charge in [-0.05, 0) is 12.3 Å². The van der Waals surface area contributed by atoms with Crippen LogP contribution in [0.4, 0.5) is 0 Å². The first kappa shape index (κ1) is 14.0. The van der Waals surface area contributed by atoms with Crippen LogP contribution < -0.4 is 5.73 Å². The molecule has 5 heteroatoms. The zero-order chi connectivity index (χ0) is 13.2. The highest BCUT2D eigenvalue weighted by atomic mass is 16.2. The smallest absolute Gasteiger partial charge is 0.239 e. The lowest BCUT2D eigenvalue weighted by atomic mass is 10.0. The lowest BCUT2D eigenvalue weighted by molar-refractivity contribution is -0.134. The minimum absolute atomic E-state index is 0.000507. The van der Waals surface area contributed by atoms with E-state index >= 15 is 0 Å². The number of hydrogen-bond donors (Lipinski definition) is 1.